The second-order valence-electron chi connectivity index (χ2n) is 3.18. The zero-order valence-electron chi connectivity index (χ0n) is 10.4. The number of hydrogen-bond donors (Lipinski definition) is 0. The first kappa shape index (κ1) is 22.0. The third kappa shape index (κ3) is 15.8. The number of ketones is 4. The first-order chi connectivity index (χ1) is 8.07. The van der Waals surface area contributed by atoms with Crippen molar-refractivity contribution in [1.82, 2.24) is 0 Å². The molecule has 0 aromatic heterocycles. The van der Waals surface area contributed by atoms with E-state index in [1.54, 1.807) is 0 Å². The van der Waals surface area contributed by atoms with Crippen LogP contribution in [0.15, 0.2) is 0 Å². The summed E-state index contributed by atoms with van der Waals surface area (Å²) >= 11 is 0. The molecule has 0 heterocycles. The molecule has 0 atom stereocenters. The average Bonchev–Trinajstić information content (AvgIpc) is 2.16. The quantitative estimate of drug-likeness (QED) is 0.270. The SMILES string of the molecule is CC(=O)CC(=O)C(=O)[O-].CC(=O)CC(=O)C(=O)[O-].[Be+2]. The van der Waals surface area contributed by atoms with E-state index in [1.165, 1.54) is 0 Å². The van der Waals surface area contributed by atoms with Crippen LogP contribution in [0.1, 0.15) is 26.7 Å². The standard InChI is InChI=1S/2C5H6O4.Be/c2*1-3(6)2-4(7)5(8)9;/h2*2H2,1H3,(H,8,9);/q;;+2/p-2. The van der Waals surface area contributed by atoms with Gasteiger partial charge in [-0.25, -0.2) is 0 Å². The van der Waals surface area contributed by atoms with E-state index in [2.05, 4.69) is 0 Å². The summed E-state index contributed by atoms with van der Waals surface area (Å²) in [5.74, 6) is -6.87. The second-order valence-corrected chi connectivity index (χ2v) is 3.18. The normalized spacial score (nSPS) is 8.11. The predicted octanol–water partition coefficient (Wildman–Crippen LogP) is -3.81. The monoisotopic (exact) mass is 267 g/mol. The molecule has 0 saturated heterocycles. The van der Waals surface area contributed by atoms with Crippen LogP contribution < -0.4 is 10.2 Å². The van der Waals surface area contributed by atoms with Crippen LogP contribution in [0.25, 0.3) is 0 Å². The molecule has 0 aliphatic heterocycles. The summed E-state index contributed by atoms with van der Waals surface area (Å²) in [6.07, 6.45) is -1.13. The van der Waals surface area contributed by atoms with E-state index in [-0.39, 0.29) is 10.1 Å². The molecule has 8 nitrogen and oxygen atoms in total. The summed E-state index contributed by atoms with van der Waals surface area (Å²) in [6, 6.07) is 0. The first-order valence-electron chi connectivity index (χ1n) is 4.55. The van der Waals surface area contributed by atoms with E-state index in [4.69, 9.17) is 0 Å². The Labute approximate surface area is 112 Å². The van der Waals surface area contributed by atoms with Crippen LogP contribution in [0.2, 0.25) is 0 Å². The maximum absolute atomic E-state index is 10.1. The summed E-state index contributed by atoms with van der Waals surface area (Å²) in [5, 5.41) is 19.2. The topological polar surface area (TPSA) is 149 Å². The molecule has 0 amide bonds. The van der Waals surface area contributed by atoms with Gasteiger partial charge in [0.1, 0.15) is 23.5 Å². The molecular weight excluding hydrogens is 257 g/mol. The fraction of sp³-hybridized carbons (Fsp3) is 0.400. The summed E-state index contributed by atoms with van der Waals surface area (Å²) in [5.41, 5.74) is 0. The van der Waals surface area contributed by atoms with Crippen molar-refractivity contribution < 1.29 is 39.0 Å². The van der Waals surface area contributed by atoms with Gasteiger partial charge >= 0.3 is 10.1 Å². The first-order valence-corrected chi connectivity index (χ1v) is 4.55. The molecule has 0 unspecified atom stereocenters. The van der Waals surface area contributed by atoms with Crippen molar-refractivity contribution in [3.8, 4) is 0 Å². The van der Waals surface area contributed by atoms with Crippen molar-refractivity contribution in [3.05, 3.63) is 0 Å². The van der Waals surface area contributed by atoms with Crippen LogP contribution >= 0.6 is 0 Å². The van der Waals surface area contributed by atoms with E-state index >= 15 is 0 Å². The van der Waals surface area contributed by atoms with Crippen molar-refractivity contribution in [2.45, 2.75) is 26.7 Å². The Morgan fingerprint density at radius 3 is 0.947 bits per heavy atom. The maximum atomic E-state index is 10.1. The van der Waals surface area contributed by atoms with Crippen molar-refractivity contribution in [3.63, 3.8) is 0 Å². The number of carboxylic acids is 2. The predicted molar refractivity (Wildman–Crippen MR) is 56.4 cm³/mol. The largest absolute Gasteiger partial charge is 2.00 e. The van der Waals surface area contributed by atoms with Crippen LogP contribution in [0, 0.1) is 0 Å². The summed E-state index contributed by atoms with van der Waals surface area (Å²) in [4.78, 5) is 59.5. The second kappa shape index (κ2) is 10.9. The number of carbonyl (C=O) groups excluding carboxylic acids is 6. The van der Waals surface area contributed by atoms with E-state index in [0.29, 0.717) is 0 Å². The van der Waals surface area contributed by atoms with Gasteiger partial charge in [0.2, 0.25) is 0 Å². The van der Waals surface area contributed by atoms with Gasteiger partial charge in [0.15, 0.2) is 11.6 Å². The number of hydrogen-bond acceptors (Lipinski definition) is 8. The molecule has 0 aliphatic carbocycles. The number of aliphatic carboxylic acids is 2. The Hall–Kier alpha value is -2.21. The Morgan fingerprint density at radius 2 is 0.895 bits per heavy atom. The summed E-state index contributed by atoms with van der Waals surface area (Å²) in [6.45, 7) is 2.28. The van der Waals surface area contributed by atoms with Gasteiger partial charge in [-0.15, -0.1) is 0 Å². The third-order valence-corrected chi connectivity index (χ3v) is 1.27. The smallest absolute Gasteiger partial charge is 0.542 e. The van der Waals surface area contributed by atoms with Gasteiger partial charge in [-0.1, -0.05) is 0 Å². The molecule has 0 rings (SSSR count). The zero-order valence-corrected chi connectivity index (χ0v) is 10.4. The van der Waals surface area contributed by atoms with Gasteiger partial charge in [0, 0.05) is 0 Å². The Kier molecular flexibility index (Phi) is 12.6. The number of carboxylic acid groups (broad SMARTS) is 2. The number of carbonyl (C=O) groups is 6. The zero-order chi connectivity index (χ0) is 14.9. The molecular formula is C10H10BeO8. The fourth-order valence-corrected chi connectivity index (χ4v) is 0.597. The van der Waals surface area contributed by atoms with E-state index in [9.17, 15) is 39.0 Å². The molecule has 0 aliphatic rings. The molecule has 9 heteroatoms. The van der Waals surface area contributed by atoms with Crippen molar-refractivity contribution in [1.29, 1.82) is 0 Å². The van der Waals surface area contributed by atoms with Gasteiger partial charge in [-0.3, -0.25) is 19.2 Å². The van der Waals surface area contributed by atoms with Crippen molar-refractivity contribution >= 4 is 45.2 Å². The van der Waals surface area contributed by atoms with Gasteiger partial charge in [0.25, 0.3) is 0 Å². The summed E-state index contributed by atoms with van der Waals surface area (Å²) in [7, 11) is 0. The van der Waals surface area contributed by atoms with Crippen molar-refractivity contribution in [2.24, 2.45) is 0 Å². The minimum absolute atomic E-state index is 0. The van der Waals surface area contributed by atoms with Crippen LogP contribution in [0.5, 0.6) is 0 Å². The fourth-order valence-electron chi connectivity index (χ4n) is 0.597. The average molecular weight is 267 g/mol. The van der Waals surface area contributed by atoms with Crippen LogP contribution in [-0.4, -0.2) is 45.2 Å². The molecule has 0 spiro atoms. The Bertz CT molecular complexity index is 360. The van der Waals surface area contributed by atoms with E-state index in [1.807, 2.05) is 0 Å². The minimum atomic E-state index is -1.80. The van der Waals surface area contributed by atoms with Gasteiger partial charge in [0.05, 0.1) is 12.8 Å². The molecule has 0 fully saturated rings. The molecule has 0 aromatic rings. The number of Topliss-reactive ketones (excluding diaryl/α,β-unsaturated/α-hetero) is 4. The molecule has 0 radical (unpaired) electrons. The van der Waals surface area contributed by atoms with Crippen LogP contribution in [-0.2, 0) is 28.8 Å². The van der Waals surface area contributed by atoms with Gasteiger partial charge in [-0.05, 0) is 13.8 Å². The van der Waals surface area contributed by atoms with Crippen LogP contribution in [0.3, 0.4) is 0 Å². The Balaban J connectivity index is -0.000000256. The van der Waals surface area contributed by atoms with Crippen LogP contribution in [0.4, 0.5) is 0 Å². The third-order valence-electron chi connectivity index (χ3n) is 1.27. The van der Waals surface area contributed by atoms with E-state index in [0.717, 1.165) is 13.8 Å². The molecule has 0 N–H and O–H groups in total. The molecule has 100 valence electrons. The van der Waals surface area contributed by atoms with E-state index < -0.39 is 47.9 Å². The molecule has 0 aromatic carbocycles. The molecule has 0 saturated carbocycles. The van der Waals surface area contributed by atoms with Gasteiger partial charge in [-0.2, -0.15) is 0 Å². The maximum Gasteiger partial charge on any atom is 2.00 e. The summed E-state index contributed by atoms with van der Waals surface area (Å²) < 4.78 is 0. The molecule has 0 bridgehead atoms. The van der Waals surface area contributed by atoms with Crippen molar-refractivity contribution in [2.75, 3.05) is 0 Å². The Morgan fingerprint density at radius 1 is 0.684 bits per heavy atom. The minimum Gasteiger partial charge on any atom is -0.542 e. The number of rotatable bonds is 6. The van der Waals surface area contributed by atoms with Gasteiger partial charge < -0.3 is 19.8 Å². The molecule has 19 heavy (non-hydrogen) atoms.